The van der Waals surface area contributed by atoms with Crippen LogP contribution in [-0.4, -0.2) is 34.6 Å². The van der Waals surface area contributed by atoms with Gasteiger partial charge in [-0.3, -0.25) is 9.29 Å². The van der Waals surface area contributed by atoms with Crippen molar-refractivity contribution < 1.29 is 17.9 Å². The molecule has 1 aliphatic carbocycles. The second-order valence-electron chi connectivity index (χ2n) is 14.1. The van der Waals surface area contributed by atoms with Crippen molar-refractivity contribution in [3.63, 3.8) is 0 Å². The number of para-hydroxylation sites is 1. The van der Waals surface area contributed by atoms with E-state index in [0.29, 0.717) is 23.0 Å². The first kappa shape index (κ1) is 33.2. The molecule has 6 aromatic rings. The predicted molar refractivity (Wildman–Crippen MR) is 203 cm³/mol. The molecule has 8 rings (SSSR count). The average Bonchev–Trinajstić information content (AvgIpc) is 3.44. The Kier molecular flexibility index (Phi) is 8.10. The van der Waals surface area contributed by atoms with E-state index < -0.39 is 27.3 Å². The topological polar surface area (TPSA) is 127 Å². The number of nitrogens with zero attached hydrogens (tertiary/aromatic N) is 3. The quantitative estimate of drug-likeness (QED) is 0.151. The molecule has 10 nitrogen and oxygen atoms in total. The molecule has 11 heteroatoms. The number of carbonyl (C=O) groups excluding carboxylic acids is 1. The van der Waals surface area contributed by atoms with Crippen molar-refractivity contribution in [1.29, 1.82) is 0 Å². The minimum atomic E-state index is -3.83. The Balaban J connectivity index is 1.27. The molecule has 0 radical (unpaired) electrons. The summed E-state index contributed by atoms with van der Waals surface area (Å²) in [4.78, 5) is 23.1. The van der Waals surface area contributed by atoms with Gasteiger partial charge in [-0.2, -0.15) is 0 Å². The maximum atomic E-state index is 13.3. The number of ether oxygens (including phenoxy) is 1. The standard InChI is InChI=1S/C41H38N6O4S/c1-40(2,3)51-39(48)45-41(23-11-24-41)29-21-19-27(20-22-29)36-35(28-12-9-13-30(26-28)46-52(49,50)31-14-5-4-6-15-31)44-38-32-16-7-8-17-33(32)43-37-34(47(36)38)18-10-25-42-37/h4-10,12-22,25-26,46H,11,23-24H2,1-3H3,(H,42,43)(H,45,48). The number of alkyl carbamates (subject to hydrolysis) is 1. The van der Waals surface area contributed by atoms with Crippen LogP contribution in [0.1, 0.15) is 45.6 Å². The second kappa shape index (κ2) is 12.7. The summed E-state index contributed by atoms with van der Waals surface area (Å²) in [6.07, 6.45) is 3.94. The van der Waals surface area contributed by atoms with Crippen LogP contribution >= 0.6 is 0 Å². The van der Waals surface area contributed by atoms with Gasteiger partial charge in [0.25, 0.3) is 10.0 Å². The summed E-state index contributed by atoms with van der Waals surface area (Å²) in [5.74, 6) is 1.39. The number of fused-ring (bicyclic) bond motifs is 5. The summed E-state index contributed by atoms with van der Waals surface area (Å²) in [6, 6.07) is 35.7. The second-order valence-corrected chi connectivity index (χ2v) is 15.8. The summed E-state index contributed by atoms with van der Waals surface area (Å²) in [6.45, 7) is 5.57. The third-order valence-corrected chi connectivity index (χ3v) is 10.8. The summed E-state index contributed by atoms with van der Waals surface area (Å²) in [5.41, 5.74) is 5.94. The normalized spacial score (nSPS) is 14.4. The smallest absolute Gasteiger partial charge is 0.408 e. The van der Waals surface area contributed by atoms with E-state index in [2.05, 4.69) is 44.2 Å². The van der Waals surface area contributed by atoms with Gasteiger partial charge in [0.05, 0.1) is 33.2 Å². The van der Waals surface area contributed by atoms with E-state index >= 15 is 0 Å². The van der Waals surface area contributed by atoms with Crippen LogP contribution in [0.3, 0.4) is 0 Å². The molecule has 1 amide bonds. The highest BCUT2D eigenvalue weighted by Gasteiger charge is 2.41. The lowest BCUT2D eigenvalue weighted by molar-refractivity contribution is 0.0377. The van der Waals surface area contributed by atoms with Crippen molar-refractivity contribution in [2.45, 2.75) is 56.1 Å². The summed E-state index contributed by atoms with van der Waals surface area (Å²) >= 11 is 0. The first-order chi connectivity index (χ1) is 25.0. The number of amides is 1. The maximum absolute atomic E-state index is 13.3. The molecule has 0 bridgehead atoms. The van der Waals surface area contributed by atoms with E-state index in [0.717, 1.165) is 58.6 Å². The highest BCUT2D eigenvalue weighted by atomic mass is 32.2. The Labute approximate surface area is 303 Å². The van der Waals surface area contributed by atoms with Gasteiger partial charge in [-0.1, -0.05) is 66.7 Å². The SMILES string of the molecule is CC(C)(C)OC(=O)NC1(c2ccc(-c3c(-c4cccc(NS(=O)(=O)c5ccccc5)c4)nc4n3-c3cccnc3Nc3ccccc3-4)cc2)CCC1. The summed E-state index contributed by atoms with van der Waals surface area (Å²) < 4.78 is 37.1. The number of rotatable bonds is 7. The van der Waals surface area contributed by atoms with Gasteiger partial charge in [-0.05, 0) is 94.1 Å². The molecule has 1 fully saturated rings. The fourth-order valence-corrected chi connectivity index (χ4v) is 7.97. The maximum Gasteiger partial charge on any atom is 0.408 e. The molecule has 0 saturated heterocycles. The lowest BCUT2D eigenvalue weighted by Gasteiger charge is -2.43. The highest BCUT2D eigenvalue weighted by molar-refractivity contribution is 7.92. The number of carbonyl (C=O) groups is 1. The lowest BCUT2D eigenvalue weighted by atomic mass is 9.71. The third kappa shape index (κ3) is 6.17. The van der Waals surface area contributed by atoms with Gasteiger partial charge < -0.3 is 15.4 Å². The molecule has 1 saturated carbocycles. The van der Waals surface area contributed by atoms with E-state index in [1.54, 1.807) is 42.6 Å². The van der Waals surface area contributed by atoms with Crippen molar-refractivity contribution in [3.05, 3.63) is 127 Å². The number of nitrogens with one attached hydrogen (secondary N) is 3. The molecule has 2 aromatic heterocycles. The van der Waals surface area contributed by atoms with Crippen LogP contribution < -0.4 is 15.4 Å². The molecule has 262 valence electrons. The Hall–Kier alpha value is -5.94. The minimum Gasteiger partial charge on any atom is -0.444 e. The molecule has 3 N–H and O–H groups in total. The number of pyridine rings is 1. The van der Waals surface area contributed by atoms with E-state index in [-0.39, 0.29) is 4.90 Å². The average molecular weight is 711 g/mol. The molecular formula is C41H38N6O4S. The Morgan fingerprint density at radius 1 is 0.865 bits per heavy atom. The van der Waals surface area contributed by atoms with Crippen molar-refractivity contribution in [3.8, 4) is 39.6 Å². The van der Waals surface area contributed by atoms with E-state index in [1.807, 2.05) is 75.4 Å². The van der Waals surface area contributed by atoms with Crippen molar-refractivity contribution in [2.24, 2.45) is 0 Å². The first-order valence-corrected chi connectivity index (χ1v) is 18.7. The van der Waals surface area contributed by atoms with E-state index in [4.69, 9.17) is 14.7 Å². The monoisotopic (exact) mass is 710 g/mol. The van der Waals surface area contributed by atoms with Crippen LogP contribution in [0.25, 0.3) is 39.6 Å². The van der Waals surface area contributed by atoms with Crippen LogP contribution in [0, 0.1) is 0 Å². The molecule has 0 atom stereocenters. The summed E-state index contributed by atoms with van der Waals surface area (Å²) in [7, 11) is -3.83. The largest absolute Gasteiger partial charge is 0.444 e. The number of sulfonamides is 1. The first-order valence-electron chi connectivity index (χ1n) is 17.2. The predicted octanol–water partition coefficient (Wildman–Crippen LogP) is 9.03. The zero-order chi connectivity index (χ0) is 36.1. The minimum absolute atomic E-state index is 0.175. The Morgan fingerprint density at radius 2 is 1.62 bits per heavy atom. The van der Waals surface area contributed by atoms with Gasteiger partial charge in [-0.25, -0.2) is 23.2 Å². The van der Waals surface area contributed by atoms with Gasteiger partial charge in [0.2, 0.25) is 0 Å². The number of hydrogen-bond donors (Lipinski definition) is 3. The molecule has 3 heterocycles. The lowest BCUT2D eigenvalue weighted by Crippen LogP contribution is -2.52. The molecule has 0 spiro atoms. The van der Waals surface area contributed by atoms with Crippen LogP contribution in [0.15, 0.2) is 126 Å². The Morgan fingerprint density at radius 3 is 2.35 bits per heavy atom. The third-order valence-electron chi connectivity index (χ3n) is 9.43. The number of hydrogen-bond acceptors (Lipinski definition) is 7. The van der Waals surface area contributed by atoms with Crippen molar-refractivity contribution >= 4 is 33.3 Å². The zero-order valence-corrected chi connectivity index (χ0v) is 29.9. The van der Waals surface area contributed by atoms with E-state index in [9.17, 15) is 13.2 Å². The van der Waals surface area contributed by atoms with Crippen LogP contribution in [0.4, 0.5) is 22.0 Å². The molecule has 2 aliphatic rings. The molecule has 52 heavy (non-hydrogen) atoms. The van der Waals surface area contributed by atoms with Gasteiger partial charge in [0.1, 0.15) is 11.4 Å². The van der Waals surface area contributed by atoms with E-state index in [1.165, 1.54) is 0 Å². The van der Waals surface area contributed by atoms with Crippen molar-refractivity contribution in [1.82, 2.24) is 19.9 Å². The van der Waals surface area contributed by atoms with Crippen LogP contribution in [-0.2, 0) is 20.3 Å². The van der Waals surface area contributed by atoms with Crippen LogP contribution in [0.5, 0.6) is 0 Å². The zero-order valence-electron chi connectivity index (χ0n) is 29.1. The van der Waals surface area contributed by atoms with Gasteiger partial charge in [0, 0.05) is 28.6 Å². The fourth-order valence-electron chi connectivity index (χ4n) is 6.90. The van der Waals surface area contributed by atoms with Crippen molar-refractivity contribution in [2.75, 3.05) is 10.0 Å². The molecule has 4 aromatic carbocycles. The number of benzene rings is 4. The van der Waals surface area contributed by atoms with Gasteiger partial charge >= 0.3 is 6.09 Å². The molecule has 1 aliphatic heterocycles. The fraction of sp³-hybridized carbons (Fsp3) is 0.195. The highest BCUT2D eigenvalue weighted by Crippen LogP contribution is 2.46. The van der Waals surface area contributed by atoms with Gasteiger partial charge in [-0.15, -0.1) is 0 Å². The summed E-state index contributed by atoms with van der Waals surface area (Å²) in [5, 5.41) is 6.66. The molecule has 0 unspecified atom stereocenters. The molecular weight excluding hydrogens is 673 g/mol. The Bertz CT molecular complexity index is 2410. The number of aromatic nitrogens is 3. The van der Waals surface area contributed by atoms with Crippen LogP contribution in [0.2, 0.25) is 0 Å². The number of anilines is 3. The number of imidazole rings is 1. The van der Waals surface area contributed by atoms with Gasteiger partial charge in [0.15, 0.2) is 5.82 Å².